The van der Waals surface area contributed by atoms with Gasteiger partial charge in [-0.2, -0.15) is 0 Å². The predicted octanol–water partition coefficient (Wildman–Crippen LogP) is 6.20. The number of halogens is 2. The Kier molecular flexibility index (Phi) is 4.08. The van der Waals surface area contributed by atoms with Gasteiger partial charge in [-0.15, -0.1) is 0 Å². The van der Waals surface area contributed by atoms with Crippen molar-refractivity contribution in [3.05, 3.63) is 89.8 Å². The van der Waals surface area contributed by atoms with Gasteiger partial charge in [0.15, 0.2) is 0 Å². The Bertz CT molecular complexity index is 991. The summed E-state index contributed by atoms with van der Waals surface area (Å²) in [6.07, 6.45) is 1.76. The molecule has 0 atom stereocenters. The zero-order valence-electron chi connectivity index (χ0n) is 13.2. The summed E-state index contributed by atoms with van der Waals surface area (Å²) in [5.74, 6) is -0.253. The second-order valence-corrected chi connectivity index (χ2v) is 6.14. The zero-order valence-corrected chi connectivity index (χ0v) is 14.0. The summed E-state index contributed by atoms with van der Waals surface area (Å²) >= 11 is 5.99. The summed E-state index contributed by atoms with van der Waals surface area (Å²) in [4.78, 5) is 7.89. The molecule has 4 heteroatoms. The highest BCUT2D eigenvalue weighted by Gasteiger charge is 2.14. The standard InChI is InChI=1S/C21H14ClFN2/c22-16-8-4-15(5-9-16)20-13-18(14-6-10-17(23)11-7-14)21(25-20)19-3-1-2-12-24-19/h1-13,25H. The summed E-state index contributed by atoms with van der Waals surface area (Å²) in [6, 6.07) is 21.9. The van der Waals surface area contributed by atoms with E-state index in [0.29, 0.717) is 5.02 Å². The molecular formula is C21H14ClFN2. The molecule has 0 aliphatic heterocycles. The second kappa shape index (κ2) is 6.54. The van der Waals surface area contributed by atoms with E-state index in [1.54, 1.807) is 18.3 Å². The Balaban J connectivity index is 1.89. The van der Waals surface area contributed by atoms with Crippen LogP contribution in [0.4, 0.5) is 4.39 Å². The van der Waals surface area contributed by atoms with Gasteiger partial charge in [0, 0.05) is 22.5 Å². The van der Waals surface area contributed by atoms with Crippen LogP contribution in [0.3, 0.4) is 0 Å². The second-order valence-electron chi connectivity index (χ2n) is 5.70. The molecular weight excluding hydrogens is 335 g/mol. The molecule has 2 aromatic heterocycles. The van der Waals surface area contributed by atoms with Crippen LogP contribution in [0.25, 0.3) is 33.8 Å². The molecule has 0 unspecified atom stereocenters. The van der Waals surface area contributed by atoms with Crippen LogP contribution in [0.5, 0.6) is 0 Å². The van der Waals surface area contributed by atoms with Gasteiger partial charge in [0.2, 0.25) is 0 Å². The number of hydrogen-bond acceptors (Lipinski definition) is 1. The number of rotatable bonds is 3. The van der Waals surface area contributed by atoms with E-state index in [0.717, 1.165) is 33.8 Å². The van der Waals surface area contributed by atoms with Gasteiger partial charge in [0.1, 0.15) is 5.82 Å². The van der Waals surface area contributed by atoms with E-state index in [1.807, 2.05) is 42.5 Å². The van der Waals surface area contributed by atoms with E-state index in [2.05, 4.69) is 16.0 Å². The molecule has 0 radical (unpaired) electrons. The molecule has 25 heavy (non-hydrogen) atoms. The van der Waals surface area contributed by atoms with Crippen LogP contribution < -0.4 is 0 Å². The minimum absolute atomic E-state index is 0.253. The Hall–Kier alpha value is -2.91. The third-order valence-corrected chi connectivity index (χ3v) is 4.30. The number of aromatic nitrogens is 2. The molecule has 0 saturated heterocycles. The first kappa shape index (κ1) is 15.6. The van der Waals surface area contributed by atoms with Crippen LogP contribution in [0.1, 0.15) is 0 Å². The van der Waals surface area contributed by atoms with Crippen molar-refractivity contribution in [3.63, 3.8) is 0 Å². The number of benzene rings is 2. The average Bonchev–Trinajstić information content (AvgIpc) is 3.09. The smallest absolute Gasteiger partial charge is 0.123 e. The summed E-state index contributed by atoms with van der Waals surface area (Å²) in [5, 5.41) is 0.694. The molecule has 122 valence electrons. The van der Waals surface area contributed by atoms with Gasteiger partial charge in [-0.1, -0.05) is 41.9 Å². The van der Waals surface area contributed by atoms with Gasteiger partial charge in [0.25, 0.3) is 0 Å². The quantitative estimate of drug-likeness (QED) is 0.469. The van der Waals surface area contributed by atoms with Gasteiger partial charge in [-0.25, -0.2) is 4.39 Å². The minimum atomic E-state index is -0.253. The van der Waals surface area contributed by atoms with Crippen molar-refractivity contribution in [2.45, 2.75) is 0 Å². The molecule has 0 aliphatic carbocycles. The molecule has 4 rings (SSSR count). The van der Waals surface area contributed by atoms with Crippen LogP contribution in [0.15, 0.2) is 79.0 Å². The topological polar surface area (TPSA) is 28.7 Å². The molecule has 0 spiro atoms. The normalized spacial score (nSPS) is 10.8. The fourth-order valence-corrected chi connectivity index (χ4v) is 2.94. The summed E-state index contributed by atoms with van der Waals surface area (Å²) in [7, 11) is 0. The molecule has 2 nitrogen and oxygen atoms in total. The van der Waals surface area contributed by atoms with E-state index >= 15 is 0 Å². The monoisotopic (exact) mass is 348 g/mol. The number of nitrogens with zero attached hydrogens (tertiary/aromatic N) is 1. The summed E-state index contributed by atoms with van der Waals surface area (Å²) < 4.78 is 13.3. The Morgan fingerprint density at radius 3 is 2.24 bits per heavy atom. The Morgan fingerprint density at radius 2 is 1.56 bits per heavy atom. The van der Waals surface area contributed by atoms with Gasteiger partial charge in [-0.05, 0) is 53.6 Å². The zero-order chi connectivity index (χ0) is 17.2. The SMILES string of the molecule is Fc1ccc(-c2cc(-c3ccc(Cl)cc3)[nH]c2-c2ccccn2)cc1. The first-order chi connectivity index (χ1) is 12.2. The van der Waals surface area contributed by atoms with E-state index in [9.17, 15) is 4.39 Å². The van der Waals surface area contributed by atoms with Crippen molar-refractivity contribution < 1.29 is 4.39 Å². The summed E-state index contributed by atoms with van der Waals surface area (Å²) in [5.41, 5.74) is 5.62. The molecule has 0 bridgehead atoms. The number of H-pyrrole nitrogens is 1. The van der Waals surface area contributed by atoms with Crippen LogP contribution in [-0.4, -0.2) is 9.97 Å². The van der Waals surface area contributed by atoms with Crippen molar-refractivity contribution >= 4 is 11.6 Å². The summed E-state index contributed by atoms with van der Waals surface area (Å²) in [6.45, 7) is 0. The highest BCUT2D eigenvalue weighted by Crippen LogP contribution is 2.35. The maximum absolute atomic E-state index is 13.3. The maximum Gasteiger partial charge on any atom is 0.123 e. The molecule has 2 aromatic carbocycles. The Labute approximate surface area is 150 Å². The molecule has 1 N–H and O–H groups in total. The van der Waals surface area contributed by atoms with Crippen LogP contribution in [0, 0.1) is 5.82 Å². The molecule has 2 heterocycles. The van der Waals surface area contributed by atoms with E-state index in [1.165, 1.54) is 12.1 Å². The lowest BCUT2D eigenvalue weighted by molar-refractivity contribution is 0.628. The molecule has 0 amide bonds. The van der Waals surface area contributed by atoms with Crippen molar-refractivity contribution in [3.8, 4) is 33.8 Å². The lowest BCUT2D eigenvalue weighted by atomic mass is 10.0. The average molecular weight is 349 g/mol. The van der Waals surface area contributed by atoms with Gasteiger partial charge >= 0.3 is 0 Å². The van der Waals surface area contributed by atoms with E-state index in [-0.39, 0.29) is 5.82 Å². The van der Waals surface area contributed by atoms with Crippen LogP contribution in [0.2, 0.25) is 5.02 Å². The van der Waals surface area contributed by atoms with Crippen molar-refractivity contribution in [1.29, 1.82) is 0 Å². The minimum Gasteiger partial charge on any atom is -0.353 e. The third kappa shape index (κ3) is 3.19. The molecule has 0 aliphatic rings. The molecule has 0 saturated carbocycles. The van der Waals surface area contributed by atoms with Crippen molar-refractivity contribution in [2.75, 3.05) is 0 Å². The molecule has 0 fully saturated rings. The number of nitrogens with one attached hydrogen (secondary N) is 1. The maximum atomic E-state index is 13.3. The van der Waals surface area contributed by atoms with E-state index in [4.69, 9.17) is 11.6 Å². The highest BCUT2D eigenvalue weighted by molar-refractivity contribution is 6.30. The van der Waals surface area contributed by atoms with E-state index < -0.39 is 0 Å². The number of pyridine rings is 1. The van der Waals surface area contributed by atoms with Gasteiger partial charge in [-0.3, -0.25) is 4.98 Å². The predicted molar refractivity (Wildman–Crippen MR) is 99.9 cm³/mol. The highest BCUT2D eigenvalue weighted by atomic mass is 35.5. The van der Waals surface area contributed by atoms with Crippen molar-refractivity contribution in [2.24, 2.45) is 0 Å². The fraction of sp³-hybridized carbons (Fsp3) is 0. The fourth-order valence-electron chi connectivity index (χ4n) is 2.81. The van der Waals surface area contributed by atoms with Crippen LogP contribution in [-0.2, 0) is 0 Å². The lowest BCUT2D eigenvalue weighted by Crippen LogP contribution is -1.86. The first-order valence-electron chi connectivity index (χ1n) is 7.87. The first-order valence-corrected chi connectivity index (χ1v) is 8.25. The number of hydrogen-bond donors (Lipinski definition) is 1. The Morgan fingerprint density at radius 1 is 0.840 bits per heavy atom. The van der Waals surface area contributed by atoms with Gasteiger partial charge < -0.3 is 4.98 Å². The van der Waals surface area contributed by atoms with Gasteiger partial charge in [0.05, 0.1) is 11.4 Å². The number of aromatic amines is 1. The van der Waals surface area contributed by atoms with Crippen LogP contribution >= 0.6 is 11.6 Å². The molecule has 4 aromatic rings. The lowest BCUT2D eigenvalue weighted by Gasteiger charge is -2.03. The van der Waals surface area contributed by atoms with Crippen molar-refractivity contribution in [1.82, 2.24) is 9.97 Å². The third-order valence-electron chi connectivity index (χ3n) is 4.05. The largest absolute Gasteiger partial charge is 0.353 e.